The minimum absolute atomic E-state index is 0.00207. The highest BCUT2D eigenvalue weighted by Gasteiger charge is 2.26. The normalized spacial score (nSPS) is 12.8. The molecule has 114 valence electrons. The highest BCUT2D eigenvalue weighted by molar-refractivity contribution is 5.91. The van der Waals surface area contributed by atoms with Gasteiger partial charge < -0.3 is 16.2 Å². The molecule has 0 saturated heterocycles. The second-order valence-corrected chi connectivity index (χ2v) is 3.99. The molecule has 1 aromatic heterocycles. The van der Waals surface area contributed by atoms with E-state index in [1.54, 1.807) is 0 Å². The molecule has 0 aliphatic heterocycles. The maximum absolute atomic E-state index is 13.7. The SMILES string of the molecule is NC(=NCC(F)(F)F)Nc1n[nH]c(CCCCO)c1F. The van der Waals surface area contributed by atoms with Gasteiger partial charge in [-0.05, 0) is 19.3 Å². The highest BCUT2D eigenvalue weighted by Crippen LogP contribution is 2.17. The van der Waals surface area contributed by atoms with Crippen LogP contribution in [0.4, 0.5) is 23.4 Å². The molecule has 0 atom stereocenters. The molecule has 1 heterocycles. The smallest absolute Gasteiger partial charge is 0.396 e. The van der Waals surface area contributed by atoms with E-state index in [1.807, 2.05) is 0 Å². The molecule has 0 aliphatic carbocycles. The number of aromatic nitrogens is 2. The van der Waals surface area contributed by atoms with Gasteiger partial charge in [0.15, 0.2) is 17.6 Å². The summed E-state index contributed by atoms with van der Waals surface area (Å²) in [7, 11) is 0. The van der Waals surface area contributed by atoms with E-state index in [-0.39, 0.29) is 18.1 Å². The number of guanidine groups is 1. The Morgan fingerprint density at radius 2 is 2.10 bits per heavy atom. The van der Waals surface area contributed by atoms with Gasteiger partial charge in [0.1, 0.15) is 6.54 Å². The predicted molar refractivity (Wildman–Crippen MR) is 64.7 cm³/mol. The first-order chi connectivity index (χ1) is 9.33. The van der Waals surface area contributed by atoms with Gasteiger partial charge in [-0.1, -0.05) is 0 Å². The van der Waals surface area contributed by atoms with Crippen LogP contribution < -0.4 is 11.1 Å². The number of nitrogens with two attached hydrogens (primary N) is 1. The fourth-order valence-electron chi connectivity index (χ4n) is 1.36. The summed E-state index contributed by atoms with van der Waals surface area (Å²) in [6, 6.07) is 0. The van der Waals surface area contributed by atoms with Crippen molar-refractivity contribution >= 4 is 11.8 Å². The number of aromatic amines is 1. The molecule has 1 aromatic rings. The lowest BCUT2D eigenvalue weighted by Gasteiger charge is -2.04. The number of aliphatic hydroxyl groups excluding tert-OH is 1. The molecule has 5 N–H and O–H groups in total. The van der Waals surface area contributed by atoms with Gasteiger partial charge in [-0.3, -0.25) is 5.10 Å². The largest absolute Gasteiger partial charge is 0.408 e. The Labute approximate surface area is 112 Å². The number of halogens is 4. The Kier molecular flexibility index (Phi) is 5.74. The molecule has 6 nitrogen and oxygen atoms in total. The third-order valence-corrected chi connectivity index (χ3v) is 2.29. The second kappa shape index (κ2) is 7.08. The molecule has 0 spiro atoms. The maximum Gasteiger partial charge on any atom is 0.408 e. The predicted octanol–water partition coefficient (Wildman–Crippen LogP) is 1.15. The first-order valence-electron chi connectivity index (χ1n) is 5.80. The Morgan fingerprint density at radius 1 is 1.40 bits per heavy atom. The van der Waals surface area contributed by atoms with E-state index in [4.69, 9.17) is 10.8 Å². The van der Waals surface area contributed by atoms with E-state index in [1.165, 1.54) is 0 Å². The molecule has 0 aromatic carbocycles. The number of rotatable bonds is 6. The number of hydrogen-bond donors (Lipinski definition) is 4. The molecule has 0 fully saturated rings. The van der Waals surface area contributed by atoms with Crippen LogP contribution in [0.1, 0.15) is 18.5 Å². The standard InChI is InChI=1S/C10H15F4N5O/c11-7-6(3-1-2-4-20)18-19-8(7)17-9(15)16-5-10(12,13)14/h20H,1-5H2,(H4,15,16,17,18,19). The molecule has 0 unspecified atom stereocenters. The average Bonchev–Trinajstić information content (AvgIpc) is 2.69. The monoisotopic (exact) mass is 297 g/mol. The minimum atomic E-state index is -4.48. The summed E-state index contributed by atoms with van der Waals surface area (Å²) in [6.45, 7) is -1.46. The van der Waals surface area contributed by atoms with Gasteiger partial charge in [-0.2, -0.15) is 18.3 Å². The van der Waals surface area contributed by atoms with Crippen molar-refractivity contribution in [3.63, 3.8) is 0 Å². The molecule has 0 bridgehead atoms. The first-order valence-corrected chi connectivity index (χ1v) is 5.80. The Balaban J connectivity index is 2.60. The average molecular weight is 297 g/mol. The summed E-state index contributed by atoms with van der Waals surface area (Å²) in [6.07, 6.45) is -3.10. The molecule has 0 saturated carbocycles. The van der Waals surface area contributed by atoms with Crippen molar-refractivity contribution in [3.05, 3.63) is 11.5 Å². The van der Waals surface area contributed by atoms with Crippen LogP contribution in [-0.2, 0) is 6.42 Å². The van der Waals surface area contributed by atoms with E-state index >= 15 is 0 Å². The summed E-state index contributed by atoms with van der Waals surface area (Å²) in [4.78, 5) is 3.02. The quantitative estimate of drug-likeness (QED) is 0.274. The fourth-order valence-corrected chi connectivity index (χ4v) is 1.36. The van der Waals surface area contributed by atoms with Crippen LogP contribution in [-0.4, -0.2) is 40.6 Å². The van der Waals surface area contributed by atoms with Crippen molar-refractivity contribution < 1.29 is 22.7 Å². The van der Waals surface area contributed by atoms with Crippen LogP contribution in [0.25, 0.3) is 0 Å². The zero-order valence-corrected chi connectivity index (χ0v) is 10.5. The van der Waals surface area contributed by atoms with Gasteiger partial charge in [-0.15, -0.1) is 0 Å². The van der Waals surface area contributed by atoms with Gasteiger partial charge in [0.2, 0.25) is 0 Å². The number of H-pyrrole nitrogens is 1. The Bertz CT molecular complexity index is 457. The lowest BCUT2D eigenvalue weighted by Crippen LogP contribution is -2.26. The summed E-state index contributed by atoms with van der Waals surface area (Å²) < 4.78 is 49.5. The zero-order chi connectivity index (χ0) is 15.2. The summed E-state index contributed by atoms with van der Waals surface area (Å²) >= 11 is 0. The van der Waals surface area contributed by atoms with Crippen LogP contribution in [0, 0.1) is 5.82 Å². The highest BCUT2D eigenvalue weighted by atomic mass is 19.4. The third-order valence-electron chi connectivity index (χ3n) is 2.29. The van der Waals surface area contributed by atoms with Crippen LogP contribution in [0.5, 0.6) is 0 Å². The zero-order valence-electron chi connectivity index (χ0n) is 10.5. The van der Waals surface area contributed by atoms with E-state index in [9.17, 15) is 17.6 Å². The van der Waals surface area contributed by atoms with Crippen LogP contribution in [0.15, 0.2) is 4.99 Å². The van der Waals surface area contributed by atoms with Crippen molar-refractivity contribution in [3.8, 4) is 0 Å². The van der Waals surface area contributed by atoms with Crippen LogP contribution >= 0.6 is 0 Å². The second-order valence-electron chi connectivity index (χ2n) is 3.99. The molecule has 0 aliphatic rings. The van der Waals surface area contributed by atoms with Gasteiger partial charge >= 0.3 is 6.18 Å². The number of unbranched alkanes of at least 4 members (excludes halogenated alkanes) is 1. The van der Waals surface area contributed by atoms with E-state index in [2.05, 4.69) is 20.5 Å². The van der Waals surface area contributed by atoms with Gasteiger partial charge in [0.05, 0.1) is 5.69 Å². The topological polar surface area (TPSA) is 99.3 Å². The van der Waals surface area contributed by atoms with Crippen molar-refractivity contribution in [1.82, 2.24) is 10.2 Å². The lowest BCUT2D eigenvalue weighted by atomic mass is 10.2. The number of hydrogen-bond acceptors (Lipinski definition) is 3. The van der Waals surface area contributed by atoms with E-state index in [0.29, 0.717) is 19.3 Å². The minimum Gasteiger partial charge on any atom is -0.396 e. The fraction of sp³-hybridized carbons (Fsp3) is 0.600. The summed E-state index contributed by atoms with van der Waals surface area (Å²) in [5.74, 6) is -1.62. The molecule has 0 amide bonds. The van der Waals surface area contributed by atoms with Crippen molar-refractivity contribution in [2.45, 2.75) is 25.4 Å². The third kappa shape index (κ3) is 5.43. The molecule has 0 radical (unpaired) electrons. The molecular formula is C10H15F4N5O. The lowest BCUT2D eigenvalue weighted by molar-refractivity contribution is -0.118. The first kappa shape index (κ1) is 16.2. The number of alkyl halides is 3. The van der Waals surface area contributed by atoms with Crippen molar-refractivity contribution in [2.75, 3.05) is 18.5 Å². The Morgan fingerprint density at radius 3 is 2.70 bits per heavy atom. The van der Waals surface area contributed by atoms with E-state index < -0.39 is 24.5 Å². The summed E-state index contributed by atoms with van der Waals surface area (Å²) in [5, 5.41) is 16.7. The van der Waals surface area contributed by atoms with Crippen LogP contribution in [0.3, 0.4) is 0 Å². The number of aryl methyl sites for hydroxylation is 1. The van der Waals surface area contributed by atoms with Crippen LogP contribution in [0.2, 0.25) is 0 Å². The van der Waals surface area contributed by atoms with Gasteiger partial charge in [0.25, 0.3) is 0 Å². The van der Waals surface area contributed by atoms with Gasteiger partial charge in [0, 0.05) is 6.61 Å². The molecule has 1 rings (SSSR count). The molecular weight excluding hydrogens is 282 g/mol. The number of nitrogens with zero attached hydrogens (tertiary/aromatic N) is 2. The molecule has 20 heavy (non-hydrogen) atoms. The number of aliphatic imine (C=N–C) groups is 1. The number of nitrogens with one attached hydrogen (secondary N) is 2. The maximum atomic E-state index is 13.7. The molecule has 10 heteroatoms. The van der Waals surface area contributed by atoms with Gasteiger partial charge in [-0.25, -0.2) is 9.38 Å². The number of aliphatic hydroxyl groups is 1. The Hall–Kier alpha value is -1.84. The van der Waals surface area contributed by atoms with Crippen molar-refractivity contribution in [2.24, 2.45) is 10.7 Å². The van der Waals surface area contributed by atoms with Crippen molar-refractivity contribution in [1.29, 1.82) is 0 Å². The number of anilines is 1. The summed E-state index contributed by atoms with van der Waals surface area (Å²) in [5.41, 5.74) is 5.38. The van der Waals surface area contributed by atoms with E-state index in [0.717, 1.165) is 0 Å².